The molecule has 0 aliphatic carbocycles. The predicted molar refractivity (Wildman–Crippen MR) is 36.0 cm³/mol. The number of halogens is 1. The van der Waals surface area contributed by atoms with E-state index >= 15 is 0 Å². The zero-order chi connectivity index (χ0) is 7.56. The molecule has 3 nitrogen and oxygen atoms in total. The Balaban J connectivity index is 3.06. The molecule has 54 valence electrons. The van der Waals surface area contributed by atoms with Gasteiger partial charge in [-0.15, -0.1) is 0 Å². The molecule has 0 bridgehead atoms. The summed E-state index contributed by atoms with van der Waals surface area (Å²) in [7, 11) is 0. The number of nitrogen functional groups attached to an aromatic ring is 1. The van der Waals surface area contributed by atoms with E-state index in [1.54, 1.807) is 13.0 Å². The number of alkyl halides is 1. The zero-order valence-corrected chi connectivity index (χ0v) is 5.63. The summed E-state index contributed by atoms with van der Waals surface area (Å²) < 4.78 is 11.9. The molecule has 0 aliphatic rings. The number of aryl methyl sites for hydroxylation is 1. The lowest BCUT2D eigenvalue weighted by atomic mass is 10.3. The van der Waals surface area contributed by atoms with Crippen molar-refractivity contribution >= 4 is 5.95 Å². The van der Waals surface area contributed by atoms with E-state index in [0.29, 0.717) is 11.4 Å². The molecular formula is C6H8FN3. The average Bonchev–Trinajstić information content (AvgIpc) is 1.85. The fraction of sp³-hybridized carbons (Fsp3) is 0.333. The fourth-order valence-corrected chi connectivity index (χ4v) is 0.727. The van der Waals surface area contributed by atoms with Crippen LogP contribution in [-0.2, 0) is 6.67 Å². The number of rotatable bonds is 1. The average molecular weight is 141 g/mol. The van der Waals surface area contributed by atoms with E-state index in [9.17, 15) is 4.39 Å². The van der Waals surface area contributed by atoms with Crippen LogP contribution in [0, 0.1) is 6.92 Å². The van der Waals surface area contributed by atoms with Gasteiger partial charge in [0.25, 0.3) is 0 Å². The highest BCUT2D eigenvalue weighted by atomic mass is 19.1. The van der Waals surface area contributed by atoms with Crippen molar-refractivity contribution in [2.24, 2.45) is 0 Å². The summed E-state index contributed by atoms with van der Waals surface area (Å²) in [6, 6.07) is 1.57. The van der Waals surface area contributed by atoms with Crippen molar-refractivity contribution in [2.75, 3.05) is 5.73 Å². The molecule has 10 heavy (non-hydrogen) atoms. The minimum atomic E-state index is -0.590. The van der Waals surface area contributed by atoms with Crippen LogP contribution in [0.3, 0.4) is 0 Å². The predicted octanol–water partition coefficient (Wildman–Crippen LogP) is 0.837. The first-order chi connectivity index (χ1) is 4.72. The van der Waals surface area contributed by atoms with Gasteiger partial charge in [-0.1, -0.05) is 0 Å². The van der Waals surface area contributed by atoms with Crippen molar-refractivity contribution in [1.29, 1.82) is 0 Å². The van der Waals surface area contributed by atoms with Gasteiger partial charge in [0.2, 0.25) is 5.95 Å². The van der Waals surface area contributed by atoms with Crippen LogP contribution in [0.25, 0.3) is 0 Å². The Morgan fingerprint density at radius 2 is 2.30 bits per heavy atom. The largest absolute Gasteiger partial charge is 0.368 e. The SMILES string of the molecule is Cc1cc(CF)nc(N)n1. The van der Waals surface area contributed by atoms with Gasteiger partial charge in [-0.05, 0) is 13.0 Å². The molecule has 1 aromatic rings. The quantitative estimate of drug-likeness (QED) is 0.630. The van der Waals surface area contributed by atoms with E-state index in [1.165, 1.54) is 0 Å². The summed E-state index contributed by atoms with van der Waals surface area (Å²) in [5.74, 6) is 0.132. The summed E-state index contributed by atoms with van der Waals surface area (Å²) in [6.07, 6.45) is 0. The summed E-state index contributed by atoms with van der Waals surface area (Å²) in [5.41, 5.74) is 6.28. The maximum absolute atomic E-state index is 11.9. The van der Waals surface area contributed by atoms with Gasteiger partial charge >= 0.3 is 0 Å². The molecular weight excluding hydrogens is 133 g/mol. The van der Waals surface area contributed by atoms with Crippen molar-refractivity contribution in [3.8, 4) is 0 Å². The van der Waals surface area contributed by atoms with Crippen molar-refractivity contribution in [1.82, 2.24) is 9.97 Å². The van der Waals surface area contributed by atoms with Gasteiger partial charge in [-0.3, -0.25) is 0 Å². The lowest BCUT2D eigenvalue weighted by molar-refractivity contribution is 0.475. The third-order valence-electron chi connectivity index (χ3n) is 1.06. The summed E-state index contributed by atoms with van der Waals surface area (Å²) in [5, 5.41) is 0. The van der Waals surface area contributed by atoms with Crippen LogP contribution in [0.2, 0.25) is 0 Å². The molecule has 0 saturated heterocycles. The van der Waals surface area contributed by atoms with Gasteiger partial charge in [-0.25, -0.2) is 14.4 Å². The maximum atomic E-state index is 11.9. The second-order valence-electron chi connectivity index (χ2n) is 1.99. The molecule has 0 aromatic carbocycles. The smallest absolute Gasteiger partial charge is 0.220 e. The van der Waals surface area contributed by atoms with Gasteiger partial charge in [0.1, 0.15) is 6.67 Å². The normalized spacial score (nSPS) is 9.80. The molecule has 0 aliphatic heterocycles. The summed E-state index contributed by atoms with van der Waals surface area (Å²) in [4.78, 5) is 7.43. The molecule has 0 saturated carbocycles. The first kappa shape index (κ1) is 6.92. The Labute approximate surface area is 58.1 Å². The number of anilines is 1. The highest BCUT2D eigenvalue weighted by Gasteiger charge is 1.96. The van der Waals surface area contributed by atoms with Crippen LogP contribution < -0.4 is 5.73 Å². The molecule has 0 amide bonds. The molecule has 4 heteroatoms. The van der Waals surface area contributed by atoms with Crippen LogP contribution in [0.1, 0.15) is 11.4 Å². The monoisotopic (exact) mass is 141 g/mol. The van der Waals surface area contributed by atoms with Crippen molar-refractivity contribution < 1.29 is 4.39 Å². The van der Waals surface area contributed by atoms with Crippen molar-refractivity contribution in [2.45, 2.75) is 13.6 Å². The minimum absolute atomic E-state index is 0.132. The lowest BCUT2D eigenvalue weighted by Gasteiger charge is -1.96. The van der Waals surface area contributed by atoms with Crippen LogP contribution in [-0.4, -0.2) is 9.97 Å². The topological polar surface area (TPSA) is 51.8 Å². The standard InChI is InChI=1S/C6H8FN3/c1-4-2-5(3-7)10-6(8)9-4/h2H,3H2,1H3,(H2,8,9,10). The van der Waals surface area contributed by atoms with E-state index in [4.69, 9.17) is 5.73 Å². The Kier molecular flexibility index (Phi) is 1.80. The first-order valence-electron chi connectivity index (χ1n) is 2.88. The third-order valence-corrected chi connectivity index (χ3v) is 1.06. The fourth-order valence-electron chi connectivity index (χ4n) is 0.727. The van der Waals surface area contributed by atoms with Crippen LogP contribution in [0.5, 0.6) is 0 Å². The second-order valence-corrected chi connectivity index (χ2v) is 1.99. The van der Waals surface area contributed by atoms with Gasteiger partial charge in [0.05, 0.1) is 5.69 Å². The van der Waals surface area contributed by atoms with E-state index in [-0.39, 0.29) is 5.95 Å². The zero-order valence-electron chi connectivity index (χ0n) is 5.63. The molecule has 0 spiro atoms. The molecule has 1 rings (SSSR count). The van der Waals surface area contributed by atoms with E-state index in [0.717, 1.165) is 0 Å². The first-order valence-corrected chi connectivity index (χ1v) is 2.88. The molecule has 0 unspecified atom stereocenters. The van der Waals surface area contributed by atoms with E-state index in [1.807, 2.05) is 0 Å². The summed E-state index contributed by atoms with van der Waals surface area (Å²) >= 11 is 0. The number of hydrogen-bond acceptors (Lipinski definition) is 3. The van der Waals surface area contributed by atoms with Gasteiger partial charge < -0.3 is 5.73 Å². The van der Waals surface area contributed by atoms with Crippen molar-refractivity contribution in [3.63, 3.8) is 0 Å². The molecule has 0 fully saturated rings. The highest BCUT2D eigenvalue weighted by molar-refractivity contribution is 5.21. The third kappa shape index (κ3) is 1.40. The Morgan fingerprint density at radius 3 is 2.80 bits per heavy atom. The van der Waals surface area contributed by atoms with Crippen LogP contribution in [0.15, 0.2) is 6.07 Å². The van der Waals surface area contributed by atoms with Crippen molar-refractivity contribution in [3.05, 3.63) is 17.5 Å². The number of nitrogens with zero attached hydrogens (tertiary/aromatic N) is 2. The van der Waals surface area contributed by atoms with Crippen LogP contribution >= 0.6 is 0 Å². The van der Waals surface area contributed by atoms with Gasteiger partial charge in [-0.2, -0.15) is 0 Å². The molecule has 0 atom stereocenters. The Hall–Kier alpha value is -1.19. The molecule has 2 N–H and O–H groups in total. The summed E-state index contributed by atoms with van der Waals surface area (Å²) in [6.45, 7) is 1.16. The molecule has 0 radical (unpaired) electrons. The molecule has 1 heterocycles. The number of nitrogens with two attached hydrogens (primary N) is 1. The number of hydrogen-bond donors (Lipinski definition) is 1. The molecule has 1 aromatic heterocycles. The van der Waals surface area contributed by atoms with Gasteiger partial charge in [0.15, 0.2) is 0 Å². The van der Waals surface area contributed by atoms with E-state index < -0.39 is 6.67 Å². The second kappa shape index (κ2) is 2.60. The number of aromatic nitrogens is 2. The maximum Gasteiger partial charge on any atom is 0.220 e. The van der Waals surface area contributed by atoms with E-state index in [2.05, 4.69) is 9.97 Å². The Morgan fingerprint density at radius 1 is 1.60 bits per heavy atom. The van der Waals surface area contributed by atoms with Crippen LogP contribution in [0.4, 0.5) is 10.3 Å². The Bertz CT molecular complexity index is 216. The lowest BCUT2D eigenvalue weighted by Crippen LogP contribution is -1.99. The highest BCUT2D eigenvalue weighted by Crippen LogP contribution is 2.02. The minimum Gasteiger partial charge on any atom is -0.368 e. The van der Waals surface area contributed by atoms with Gasteiger partial charge in [0, 0.05) is 5.69 Å².